The number of aromatic amines is 1. The summed E-state index contributed by atoms with van der Waals surface area (Å²) in [7, 11) is 0. The summed E-state index contributed by atoms with van der Waals surface area (Å²) < 4.78 is 20.4. The lowest BCUT2D eigenvalue weighted by atomic mass is 10.3. The van der Waals surface area contributed by atoms with Crippen molar-refractivity contribution in [1.82, 2.24) is 20.0 Å². The fourth-order valence-corrected chi connectivity index (χ4v) is 3.13. The number of H-pyrrole nitrogens is 1. The minimum absolute atomic E-state index is 0.336. The number of carbonyl (C=O) groups is 1. The summed E-state index contributed by atoms with van der Waals surface area (Å²) in [6, 6.07) is 12.7. The number of anilines is 1. The smallest absolute Gasteiger partial charge is 0.266 e. The molecule has 2 aromatic carbocycles. The minimum Gasteiger partial charge on any atom is -0.481 e. The molecule has 1 amide bonds. The molecule has 0 aliphatic carbocycles. The van der Waals surface area contributed by atoms with Crippen LogP contribution in [0.2, 0.25) is 5.02 Å². The van der Waals surface area contributed by atoms with Crippen LogP contribution in [0.3, 0.4) is 0 Å². The molecule has 0 radical (unpaired) electrons. The van der Waals surface area contributed by atoms with Gasteiger partial charge in [0.05, 0.1) is 16.8 Å². The maximum atomic E-state index is 13.2. The molecule has 4 rings (SSSR count). The van der Waals surface area contributed by atoms with Crippen LogP contribution in [0, 0.1) is 12.7 Å². The van der Waals surface area contributed by atoms with Gasteiger partial charge >= 0.3 is 0 Å². The van der Waals surface area contributed by atoms with E-state index in [0.29, 0.717) is 39.0 Å². The Kier molecular flexibility index (Phi) is 4.94. The summed E-state index contributed by atoms with van der Waals surface area (Å²) in [6.07, 6.45) is -0.765. The van der Waals surface area contributed by atoms with E-state index in [9.17, 15) is 9.18 Å². The number of amides is 1. The van der Waals surface area contributed by atoms with Gasteiger partial charge in [-0.05, 0) is 56.3 Å². The SMILES string of the molecule is Cc1nn(-c2ccc(F)cc2)c2n[nH]c(NC(=O)[C@@H](C)Oc3cccc(Cl)c3)c12. The Balaban J connectivity index is 1.57. The standard InChI is InChI=1S/C20H17ClFN5O2/c1-11-17-18(23-20(28)12(2)29-16-5-3-4-13(21)10-16)24-25-19(17)27(26-11)15-8-6-14(22)7-9-15/h3-10,12H,1-2H3,(H2,23,24,25,28)/t12-/m1/s1. The molecule has 2 N–H and O–H groups in total. The Bertz CT molecular complexity index is 1190. The first-order chi connectivity index (χ1) is 13.9. The molecule has 2 heterocycles. The third kappa shape index (κ3) is 3.79. The number of halogens is 2. The predicted octanol–water partition coefficient (Wildman–Crippen LogP) is 4.26. The quantitative estimate of drug-likeness (QED) is 0.512. The number of hydrogen-bond acceptors (Lipinski definition) is 4. The molecule has 0 unspecified atom stereocenters. The van der Waals surface area contributed by atoms with Gasteiger partial charge in [-0.25, -0.2) is 9.07 Å². The molecule has 2 aromatic heterocycles. The second-order valence-electron chi connectivity index (χ2n) is 6.48. The van der Waals surface area contributed by atoms with E-state index < -0.39 is 6.10 Å². The zero-order chi connectivity index (χ0) is 20.5. The average molecular weight is 414 g/mol. The number of fused-ring (bicyclic) bond motifs is 1. The number of aryl methyl sites for hydroxylation is 1. The van der Waals surface area contributed by atoms with E-state index in [2.05, 4.69) is 20.6 Å². The minimum atomic E-state index is -0.765. The molecule has 0 aliphatic rings. The van der Waals surface area contributed by atoms with E-state index in [1.54, 1.807) is 54.9 Å². The van der Waals surface area contributed by atoms with Gasteiger partial charge in [0.1, 0.15) is 17.4 Å². The van der Waals surface area contributed by atoms with Gasteiger partial charge in [0.2, 0.25) is 0 Å². The molecule has 1 atom stereocenters. The van der Waals surface area contributed by atoms with E-state index in [1.165, 1.54) is 12.1 Å². The predicted molar refractivity (Wildman–Crippen MR) is 108 cm³/mol. The third-order valence-corrected chi connectivity index (χ3v) is 4.59. The average Bonchev–Trinajstić information content (AvgIpc) is 3.24. The van der Waals surface area contributed by atoms with Crippen LogP contribution >= 0.6 is 11.6 Å². The molecule has 0 bridgehead atoms. The molecule has 29 heavy (non-hydrogen) atoms. The highest BCUT2D eigenvalue weighted by molar-refractivity contribution is 6.30. The Morgan fingerprint density at radius 2 is 2.03 bits per heavy atom. The molecular weight excluding hydrogens is 397 g/mol. The first-order valence-corrected chi connectivity index (χ1v) is 9.23. The molecule has 0 aliphatic heterocycles. The maximum absolute atomic E-state index is 13.2. The largest absolute Gasteiger partial charge is 0.481 e. The van der Waals surface area contributed by atoms with E-state index in [1.807, 2.05) is 0 Å². The molecule has 0 saturated carbocycles. The summed E-state index contributed by atoms with van der Waals surface area (Å²) >= 11 is 5.94. The number of benzene rings is 2. The summed E-state index contributed by atoms with van der Waals surface area (Å²) in [5.41, 5.74) is 1.84. The van der Waals surface area contributed by atoms with Crippen LogP contribution in [0.25, 0.3) is 16.7 Å². The molecule has 148 valence electrons. The fourth-order valence-electron chi connectivity index (χ4n) is 2.95. The molecule has 7 nitrogen and oxygen atoms in total. The van der Waals surface area contributed by atoms with Gasteiger partial charge in [0.15, 0.2) is 11.8 Å². The van der Waals surface area contributed by atoms with Gasteiger partial charge in [0, 0.05) is 5.02 Å². The van der Waals surface area contributed by atoms with Gasteiger partial charge in [-0.1, -0.05) is 17.7 Å². The van der Waals surface area contributed by atoms with Crippen LogP contribution in [0.15, 0.2) is 48.5 Å². The van der Waals surface area contributed by atoms with Crippen LogP contribution in [0.1, 0.15) is 12.6 Å². The Morgan fingerprint density at radius 1 is 1.28 bits per heavy atom. The Hall–Kier alpha value is -3.39. The molecule has 0 saturated heterocycles. The van der Waals surface area contributed by atoms with E-state index >= 15 is 0 Å². The highest BCUT2D eigenvalue weighted by Crippen LogP contribution is 2.27. The zero-order valence-electron chi connectivity index (χ0n) is 15.6. The van der Waals surface area contributed by atoms with E-state index in [-0.39, 0.29) is 11.7 Å². The number of carbonyl (C=O) groups excluding carboxylic acids is 1. The normalized spacial score (nSPS) is 12.1. The molecule has 0 fully saturated rings. The van der Waals surface area contributed by atoms with Crippen LogP contribution in [0.5, 0.6) is 5.75 Å². The lowest BCUT2D eigenvalue weighted by Gasteiger charge is -2.14. The number of nitrogens with one attached hydrogen (secondary N) is 2. The highest BCUT2D eigenvalue weighted by atomic mass is 35.5. The molecule has 4 aromatic rings. The van der Waals surface area contributed by atoms with Crippen molar-refractivity contribution >= 4 is 34.4 Å². The van der Waals surface area contributed by atoms with Crippen molar-refractivity contribution in [3.8, 4) is 11.4 Å². The van der Waals surface area contributed by atoms with Crippen LogP contribution in [0.4, 0.5) is 10.2 Å². The first-order valence-electron chi connectivity index (χ1n) is 8.85. The number of rotatable bonds is 5. The van der Waals surface area contributed by atoms with Crippen molar-refractivity contribution in [3.05, 3.63) is 65.1 Å². The summed E-state index contributed by atoms with van der Waals surface area (Å²) in [5, 5.41) is 15.5. The number of hydrogen-bond donors (Lipinski definition) is 2. The monoisotopic (exact) mass is 413 g/mol. The Morgan fingerprint density at radius 3 is 2.76 bits per heavy atom. The van der Waals surface area contributed by atoms with Crippen LogP contribution in [-0.4, -0.2) is 32.0 Å². The van der Waals surface area contributed by atoms with E-state index in [4.69, 9.17) is 16.3 Å². The van der Waals surface area contributed by atoms with Gasteiger partial charge in [-0.3, -0.25) is 9.89 Å². The number of nitrogens with zero attached hydrogens (tertiary/aromatic N) is 3. The van der Waals surface area contributed by atoms with Gasteiger partial charge in [0.25, 0.3) is 5.91 Å². The van der Waals surface area contributed by atoms with Crippen molar-refractivity contribution in [3.63, 3.8) is 0 Å². The van der Waals surface area contributed by atoms with Crippen molar-refractivity contribution in [1.29, 1.82) is 0 Å². The van der Waals surface area contributed by atoms with Crippen molar-refractivity contribution < 1.29 is 13.9 Å². The fraction of sp³-hybridized carbons (Fsp3) is 0.150. The van der Waals surface area contributed by atoms with Crippen LogP contribution in [-0.2, 0) is 4.79 Å². The second-order valence-corrected chi connectivity index (χ2v) is 6.91. The summed E-state index contributed by atoms with van der Waals surface area (Å²) in [6.45, 7) is 3.44. The first kappa shape index (κ1) is 18.9. The lowest BCUT2D eigenvalue weighted by molar-refractivity contribution is -0.122. The van der Waals surface area contributed by atoms with Crippen molar-refractivity contribution in [2.24, 2.45) is 0 Å². The summed E-state index contributed by atoms with van der Waals surface area (Å²) in [5.74, 6) is 0.217. The maximum Gasteiger partial charge on any atom is 0.266 e. The molecule has 9 heteroatoms. The topological polar surface area (TPSA) is 84.8 Å². The summed E-state index contributed by atoms with van der Waals surface area (Å²) in [4.78, 5) is 12.6. The van der Waals surface area contributed by atoms with Gasteiger partial charge in [-0.2, -0.15) is 10.2 Å². The van der Waals surface area contributed by atoms with Gasteiger partial charge in [-0.15, -0.1) is 0 Å². The lowest BCUT2D eigenvalue weighted by Crippen LogP contribution is -2.30. The molecular formula is C20H17ClFN5O2. The number of aromatic nitrogens is 4. The van der Waals surface area contributed by atoms with Crippen molar-refractivity contribution in [2.45, 2.75) is 20.0 Å². The second kappa shape index (κ2) is 7.56. The zero-order valence-corrected chi connectivity index (χ0v) is 16.4. The highest BCUT2D eigenvalue weighted by Gasteiger charge is 2.21. The van der Waals surface area contributed by atoms with Crippen molar-refractivity contribution in [2.75, 3.05) is 5.32 Å². The van der Waals surface area contributed by atoms with Crippen LogP contribution < -0.4 is 10.1 Å². The number of ether oxygens (including phenoxy) is 1. The third-order valence-electron chi connectivity index (χ3n) is 4.36. The van der Waals surface area contributed by atoms with Gasteiger partial charge < -0.3 is 10.1 Å². The molecule has 0 spiro atoms. The Labute approximate surface area is 170 Å². The van der Waals surface area contributed by atoms with E-state index in [0.717, 1.165) is 0 Å².